The molecule has 1 aromatic heterocycles. The monoisotopic (exact) mass is 308 g/mol. The van der Waals surface area contributed by atoms with E-state index in [0.717, 1.165) is 43.9 Å². The highest BCUT2D eigenvalue weighted by atomic mass is 16.3. The first-order valence-corrected chi connectivity index (χ1v) is 8.21. The van der Waals surface area contributed by atoms with Crippen molar-refractivity contribution >= 4 is 11.6 Å². The molecule has 1 aliphatic heterocycles. The van der Waals surface area contributed by atoms with Crippen LogP contribution in [0.15, 0.2) is 12.4 Å². The van der Waals surface area contributed by atoms with E-state index in [1.807, 2.05) is 6.07 Å². The summed E-state index contributed by atoms with van der Waals surface area (Å²) in [6.45, 7) is 5.74. The molecule has 1 saturated heterocycles. The van der Waals surface area contributed by atoms with Crippen molar-refractivity contribution in [3.8, 4) is 0 Å². The summed E-state index contributed by atoms with van der Waals surface area (Å²) in [7, 11) is 0. The predicted octanol–water partition coefficient (Wildman–Crippen LogP) is 1.65. The van der Waals surface area contributed by atoms with Crippen LogP contribution in [-0.2, 0) is 0 Å². The van der Waals surface area contributed by atoms with Gasteiger partial charge in [0.1, 0.15) is 18.0 Å². The number of anilines is 2. The molecule has 0 saturated carbocycles. The number of hydrogen-bond acceptors (Lipinski definition) is 6. The Labute approximate surface area is 132 Å². The van der Waals surface area contributed by atoms with E-state index in [2.05, 4.69) is 34.0 Å². The minimum atomic E-state index is -0.376. The van der Waals surface area contributed by atoms with Gasteiger partial charge in [-0.25, -0.2) is 9.97 Å². The zero-order valence-electron chi connectivity index (χ0n) is 13.6. The van der Waals surface area contributed by atoms with Crippen molar-refractivity contribution in [2.75, 3.05) is 29.9 Å². The molecular weight excluding hydrogens is 280 g/mol. The molecule has 3 N–H and O–H groups in total. The third-order valence-electron chi connectivity index (χ3n) is 4.05. The Kier molecular flexibility index (Phi) is 6.39. The van der Waals surface area contributed by atoms with E-state index < -0.39 is 0 Å². The zero-order chi connectivity index (χ0) is 15.9. The van der Waals surface area contributed by atoms with Crippen LogP contribution in [0.2, 0.25) is 0 Å². The average Bonchev–Trinajstić information content (AvgIpc) is 2.52. The largest absolute Gasteiger partial charge is 0.394 e. The molecule has 0 amide bonds. The molecule has 1 aliphatic rings. The van der Waals surface area contributed by atoms with E-state index in [1.54, 1.807) is 0 Å². The summed E-state index contributed by atoms with van der Waals surface area (Å²) in [4.78, 5) is 10.7. The fraction of sp³-hybridized carbons (Fsp3) is 0.750. The summed E-state index contributed by atoms with van der Waals surface area (Å²) in [5.74, 6) is 2.03. The third kappa shape index (κ3) is 4.81. The number of hydrogen-bond donors (Lipinski definition) is 3. The summed E-state index contributed by atoms with van der Waals surface area (Å²) in [5, 5.41) is 22.6. The van der Waals surface area contributed by atoms with Gasteiger partial charge in [-0.2, -0.15) is 0 Å². The van der Waals surface area contributed by atoms with Gasteiger partial charge in [-0.3, -0.25) is 0 Å². The van der Waals surface area contributed by atoms with Crippen LogP contribution in [0.5, 0.6) is 0 Å². The molecular formula is C16H28N4O2. The highest BCUT2D eigenvalue weighted by Gasteiger charge is 2.23. The lowest BCUT2D eigenvalue weighted by atomic mass is 10.0. The molecule has 6 nitrogen and oxygen atoms in total. The van der Waals surface area contributed by atoms with E-state index in [0.29, 0.717) is 12.5 Å². The number of nitrogens with zero attached hydrogens (tertiary/aromatic N) is 3. The summed E-state index contributed by atoms with van der Waals surface area (Å²) in [6.07, 6.45) is 5.20. The van der Waals surface area contributed by atoms with Crippen molar-refractivity contribution in [1.82, 2.24) is 9.97 Å². The van der Waals surface area contributed by atoms with E-state index >= 15 is 0 Å². The van der Waals surface area contributed by atoms with Gasteiger partial charge in [0, 0.05) is 19.2 Å². The van der Waals surface area contributed by atoms with Crippen LogP contribution < -0.4 is 10.2 Å². The normalized spacial score (nSPS) is 20.2. The highest BCUT2D eigenvalue weighted by molar-refractivity contribution is 5.49. The fourth-order valence-corrected chi connectivity index (χ4v) is 2.94. The molecule has 0 radical (unpaired) electrons. The van der Waals surface area contributed by atoms with Crippen LogP contribution in [0.1, 0.15) is 39.5 Å². The van der Waals surface area contributed by atoms with Crippen molar-refractivity contribution in [3.63, 3.8) is 0 Å². The van der Waals surface area contributed by atoms with Crippen LogP contribution >= 0.6 is 0 Å². The summed E-state index contributed by atoms with van der Waals surface area (Å²) >= 11 is 0. The number of aromatic nitrogens is 2. The van der Waals surface area contributed by atoms with Crippen molar-refractivity contribution in [3.05, 3.63) is 12.4 Å². The molecule has 0 spiro atoms. The molecule has 2 rings (SSSR count). The van der Waals surface area contributed by atoms with Crippen molar-refractivity contribution in [2.24, 2.45) is 5.92 Å². The van der Waals surface area contributed by atoms with Gasteiger partial charge < -0.3 is 20.4 Å². The molecule has 1 aromatic rings. The molecule has 2 unspecified atom stereocenters. The van der Waals surface area contributed by atoms with E-state index in [4.69, 9.17) is 0 Å². The molecule has 124 valence electrons. The lowest BCUT2D eigenvalue weighted by molar-refractivity contribution is 0.161. The van der Waals surface area contributed by atoms with Crippen molar-refractivity contribution < 1.29 is 10.2 Å². The SMILES string of the molecule is CC(C)CC(O)CNc1cc(N2CCCCC2CO)ncn1. The molecule has 0 aromatic carbocycles. The van der Waals surface area contributed by atoms with Crippen LogP contribution in [0.3, 0.4) is 0 Å². The first-order valence-electron chi connectivity index (χ1n) is 8.21. The Morgan fingerprint density at radius 1 is 1.36 bits per heavy atom. The summed E-state index contributed by atoms with van der Waals surface area (Å²) in [6, 6.07) is 2.04. The lowest BCUT2D eigenvalue weighted by Gasteiger charge is -2.35. The number of rotatable bonds is 7. The zero-order valence-corrected chi connectivity index (χ0v) is 13.6. The maximum absolute atomic E-state index is 9.93. The predicted molar refractivity (Wildman–Crippen MR) is 88.1 cm³/mol. The molecule has 1 fully saturated rings. The fourth-order valence-electron chi connectivity index (χ4n) is 2.94. The smallest absolute Gasteiger partial charge is 0.134 e. The number of aliphatic hydroxyl groups excluding tert-OH is 2. The highest BCUT2D eigenvalue weighted by Crippen LogP contribution is 2.24. The van der Waals surface area contributed by atoms with E-state index in [9.17, 15) is 10.2 Å². The lowest BCUT2D eigenvalue weighted by Crippen LogP contribution is -2.42. The van der Waals surface area contributed by atoms with Gasteiger partial charge in [0.15, 0.2) is 0 Å². The van der Waals surface area contributed by atoms with Crippen LogP contribution in [-0.4, -0.2) is 52.0 Å². The second kappa shape index (κ2) is 8.29. The van der Waals surface area contributed by atoms with Crippen LogP contribution in [0, 0.1) is 5.92 Å². The molecule has 2 heterocycles. The van der Waals surface area contributed by atoms with Crippen molar-refractivity contribution in [2.45, 2.75) is 51.7 Å². The first kappa shape index (κ1) is 17.0. The Balaban J connectivity index is 1.97. The quantitative estimate of drug-likeness (QED) is 0.710. The number of aliphatic hydroxyl groups is 2. The Morgan fingerprint density at radius 3 is 2.91 bits per heavy atom. The molecule has 0 bridgehead atoms. The van der Waals surface area contributed by atoms with Crippen molar-refractivity contribution in [1.29, 1.82) is 0 Å². The summed E-state index contributed by atoms with van der Waals surface area (Å²) < 4.78 is 0. The number of piperidine rings is 1. The van der Waals surface area contributed by atoms with Gasteiger partial charge >= 0.3 is 0 Å². The Morgan fingerprint density at radius 2 is 2.18 bits per heavy atom. The van der Waals surface area contributed by atoms with Crippen LogP contribution in [0.4, 0.5) is 11.6 Å². The summed E-state index contributed by atoms with van der Waals surface area (Å²) in [5.41, 5.74) is 0. The number of nitrogens with one attached hydrogen (secondary N) is 1. The molecule has 0 aliphatic carbocycles. The first-order chi connectivity index (χ1) is 10.6. The molecule has 22 heavy (non-hydrogen) atoms. The van der Waals surface area contributed by atoms with E-state index in [-0.39, 0.29) is 18.8 Å². The van der Waals surface area contributed by atoms with Gasteiger partial charge in [0.25, 0.3) is 0 Å². The maximum atomic E-state index is 9.93. The minimum Gasteiger partial charge on any atom is -0.394 e. The van der Waals surface area contributed by atoms with Gasteiger partial charge in [-0.15, -0.1) is 0 Å². The van der Waals surface area contributed by atoms with E-state index in [1.165, 1.54) is 6.33 Å². The topological polar surface area (TPSA) is 81.5 Å². The van der Waals surface area contributed by atoms with Gasteiger partial charge in [0.2, 0.25) is 0 Å². The maximum Gasteiger partial charge on any atom is 0.134 e. The second-order valence-electron chi connectivity index (χ2n) is 6.45. The second-order valence-corrected chi connectivity index (χ2v) is 6.45. The third-order valence-corrected chi connectivity index (χ3v) is 4.05. The molecule has 2 atom stereocenters. The van der Waals surface area contributed by atoms with Gasteiger partial charge in [-0.1, -0.05) is 13.8 Å². The molecule has 6 heteroatoms. The average molecular weight is 308 g/mol. The standard InChI is InChI=1S/C16H28N4O2/c1-12(2)7-14(22)9-17-15-8-16(19-11-18-15)20-6-4-3-5-13(20)10-21/h8,11-14,21-22H,3-7,9-10H2,1-2H3,(H,17,18,19). The minimum absolute atomic E-state index is 0.142. The Bertz CT molecular complexity index is 456. The van der Waals surface area contributed by atoms with Crippen LogP contribution in [0.25, 0.3) is 0 Å². The van der Waals surface area contributed by atoms with Gasteiger partial charge in [0.05, 0.1) is 18.8 Å². The van der Waals surface area contributed by atoms with Gasteiger partial charge in [-0.05, 0) is 31.6 Å². The Hall–Kier alpha value is -1.40.